The summed E-state index contributed by atoms with van der Waals surface area (Å²) in [5, 5.41) is 11.0. The van der Waals surface area contributed by atoms with Crippen LogP contribution in [0.3, 0.4) is 0 Å². The largest absolute Gasteiger partial charge is 0.459 e. The highest BCUT2D eigenvalue weighted by molar-refractivity contribution is 8.00. The summed E-state index contributed by atoms with van der Waals surface area (Å²) in [7, 11) is 0. The molecular formula is C14H17N3O3S. The van der Waals surface area contributed by atoms with Crippen LogP contribution < -0.4 is 5.32 Å². The first-order chi connectivity index (χ1) is 10.2. The van der Waals surface area contributed by atoms with Gasteiger partial charge in [0.05, 0.1) is 11.5 Å². The maximum absolute atomic E-state index is 12.1. The van der Waals surface area contributed by atoms with Crippen LogP contribution in [0, 0.1) is 0 Å². The first-order valence-electron chi connectivity index (χ1n) is 7.07. The smallest absolute Gasteiger partial charge is 0.284 e. The zero-order chi connectivity index (χ0) is 14.7. The Balaban J connectivity index is 1.56. The Morgan fingerprint density at radius 1 is 1.43 bits per heavy atom. The lowest BCUT2D eigenvalue weighted by Crippen LogP contribution is -2.37. The van der Waals surface area contributed by atoms with Gasteiger partial charge in [0, 0.05) is 6.04 Å². The van der Waals surface area contributed by atoms with Gasteiger partial charge < -0.3 is 14.2 Å². The van der Waals surface area contributed by atoms with Gasteiger partial charge in [-0.15, -0.1) is 10.2 Å². The number of amides is 1. The molecule has 2 aromatic heterocycles. The highest BCUT2D eigenvalue weighted by Gasteiger charge is 2.23. The van der Waals surface area contributed by atoms with Gasteiger partial charge in [-0.3, -0.25) is 4.79 Å². The van der Waals surface area contributed by atoms with Crippen molar-refractivity contribution in [1.29, 1.82) is 0 Å². The second-order valence-electron chi connectivity index (χ2n) is 5.10. The second kappa shape index (κ2) is 6.34. The summed E-state index contributed by atoms with van der Waals surface area (Å²) >= 11 is 1.26. The third-order valence-electron chi connectivity index (χ3n) is 3.49. The van der Waals surface area contributed by atoms with E-state index in [0.29, 0.717) is 22.9 Å². The Bertz CT molecular complexity index is 590. The maximum Gasteiger partial charge on any atom is 0.284 e. The van der Waals surface area contributed by atoms with E-state index < -0.39 is 0 Å². The summed E-state index contributed by atoms with van der Waals surface area (Å²) in [6, 6.07) is 3.82. The Kier molecular flexibility index (Phi) is 4.28. The predicted octanol–water partition coefficient (Wildman–Crippen LogP) is 2.87. The van der Waals surface area contributed by atoms with Crippen LogP contribution in [0.15, 0.2) is 32.5 Å². The number of hydrogen-bond donors (Lipinski definition) is 1. The molecule has 1 aliphatic rings. The van der Waals surface area contributed by atoms with Crippen LogP contribution in [0.25, 0.3) is 11.7 Å². The molecule has 0 unspecified atom stereocenters. The van der Waals surface area contributed by atoms with Gasteiger partial charge in [-0.1, -0.05) is 24.6 Å². The number of carbonyl (C=O) groups is 1. The molecule has 1 atom stereocenters. The Labute approximate surface area is 126 Å². The zero-order valence-corrected chi connectivity index (χ0v) is 12.6. The molecule has 1 fully saturated rings. The molecular weight excluding hydrogens is 290 g/mol. The van der Waals surface area contributed by atoms with Crippen LogP contribution in [-0.4, -0.2) is 27.4 Å². The number of nitrogens with zero attached hydrogens (tertiary/aromatic N) is 2. The molecule has 112 valence electrons. The van der Waals surface area contributed by atoms with Crippen molar-refractivity contribution in [3.8, 4) is 11.7 Å². The average molecular weight is 307 g/mol. The van der Waals surface area contributed by atoms with Crippen LogP contribution in [0.1, 0.15) is 32.6 Å². The number of furan rings is 1. The van der Waals surface area contributed by atoms with Crippen molar-refractivity contribution >= 4 is 17.7 Å². The molecule has 0 aliphatic heterocycles. The van der Waals surface area contributed by atoms with E-state index in [9.17, 15) is 4.79 Å². The molecule has 1 N–H and O–H groups in total. The van der Waals surface area contributed by atoms with Crippen LogP contribution in [0.2, 0.25) is 0 Å². The average Bonchev–Trinajstić information content (AvgIpc) is 3.20. The van der Waals surface area contributed by atoms with E-state index in [0.717, 1.165) is 12.8 Å². The minimum absolute atomic E-state index is 0.0182. The zero-order valence-electron chi connectivity index (χ0n) is 11.7. The van der Waals surface area contributed by atoms with Crippen LogP contribution >= 0.6 is 11.8 Å². The molecule has 1 aliphatic carbocycles. The van der Waals surface area contributed by atoms with Gasteiger partial charge in [-0.05, 0) is 31.9 Å². The van der Waals surface area contributed by atoms with Gasteiger partial charge >= 0.3 is 0 Å². The quantitative estimate of drug-likeness (QED) is 0.855. The van der Waals surface area contributed by atoms with Gasteiger partial charge in [0.2, 0.25) is 5.91 Å². The molecule has 2 heterocycles. The van der Waals surface area contributed by atoms with Crippen molar-refractivity contribution in [2.24, 2.45) is 0 Å². The lowest BCUT2D eigenvalue weighted by atomic mass is 10.2. The van der Waals surface area contributed by atoms with E-state index in [2.05, 4.69) is 15.5 Å². The van der Waals surface area contributed by atoms with Crippen molar-refractivity contribution in [2.75, 3.05) is 0 Å². The lowest BCUT2D eigenvalue weighted by molar-refractivity contribution is -0.120. The summed E-state index contributed by atoms with van der Waals surface area (Å²) in [6.45, 7) is 1.84. The summed E-state index contributed by atoms with van der Waals surface area (Å²) in [5.41, 5.74) is 0. The third kappa shape index (κ3) is 3.47. The Hall–Kier alpha value is -1.76. The molecule has 3 rings (SSSR count). The van der Waals surface area contributed by atoms with Gasteiger partial charge in [-0.25, -0.2) is 0 Å². The Morgan fingerprint density at radius 2 is 2.24 bits per heavy atom. The Morgan fingerprint density at radius 3 is 2.95 bits per heavy atom. The van der Waals surface area contributed by atoms with Gasteiger partial charge in [0.1, 0.15) is 0 Å². The first-order valence-corrected chi connectivity index (χ1v) is 7.95. The minimum Gasteiger partial charge on any atom is -0.459 e. The minimum atomic E-state index is -0.268. The molecule has 21 heavy (non-hydrogen) atoms. The van der Waals surface area contributed by atoms with E-state index in [1.807, 2.05) is 6.92 Å². The first kappa shape index (κ1) is 14.2. The molecule has 0 radical (unpaired) electrons. The van der Waals surface area contributed by atoms with E-state index in [1.165, 1.54) is 24.6 Å². The van der Waals surface area contributed by atoms with E-state index in [4.69, 9.17) is 8.83 Å². The van der Waals surface area contributed by atoms with Crippen molar-refractivity contribution in [2.45, 2.75) is 49.1 Å². The molecule has 1 amide bonds. The summed E-state index contributed by atoms with van der Waals surface area (Å²) in [6.07, 6.45) is 6.09. The van der Waals surface area contributed by atoms with Crippen molar-refractivity contribution in [3.05, 3.63) is 18.4 Å². The van der Waals surface area contributed by atoms with Crippen LogP contribution in [0.4, 0.5) is 0 Å². The number of carbonyl (C=O) groups excluding carboxylic acids is 1. The van der Waals surface area contributed by atoms with Gasteiger partial charge in [-0.2, -0.15) is 0 Å². The molecule has 0 spiro atoms. The maximum atomic E-state index is 12.1. The fourth-order valence-electron chi connectivity index (χ4n) is 2.35. The summed E-state index contributed by atoms with van der Waals surface area (Å²) in [4.78, 5) is 12.1. The van der Waals surface area contributed by atoms with Crippen molar-refractivity contribution < 1.29 is 13.6 Å². The topological polar surface area (TPSA) is 81.2 Å². The molecule has 6 nitrogen and oxygen atoms in total. The molecule has 1 saturated carbocycles. The van der Waals surface area contributed by atoms with Gasteiger partial charge in [0.15, 0.2) is 5.76 Å². The number of aromatic nitrogens is 2. The normalized spacial score (nSPS) is 17.0. The van der Waals surface area contributed by atoms with E-state index >= 15 is 0 Å². The molecule has 0 bridgehead atoms. The molecule has 0 saturated heterocycles. The molecule has 2 aromatic rings. The number of rotatable bonds is 5. The standard InChI is InChI=1S/C14H17N3O3S/c1-9(12(18)15-10-5-2-3-6-10)21-14-17-16-13(20-14)11-7-4-8-19-11/h4,7-10H,2-3,5-6H2,1H3,(H,15,18)/t9-/m1/s1. The summed E-state index contributed by atoms with van der Waals surface area (Å²) in [5.74, 6) is 0.868. The third-order valence-corrected chi connectivity index (χ3v) is 4.42. The van der Waals surface area contributed by atoms with Crippen molar-refractivity contribution in [3.63, 3.8) is 0 Å². The van der Waals surface area contributed by atoms with Gasteiger partial charge in [0.25, 0.3) is 11.1 Å². The number of thioether (sulfide) groups is 1. The lowest BCUT2D eigenvalue weighted by Gasteiger charge is -2.14. The van der Waals surface area contributed by atoms with E-state index in [1.54, 1.807) is 18.4 Å². The number of nitrogens with one attached hydrogen (secondary N) is 1. The predicted molar refractivity (Wildman–Crippen MR) is 77.7 cm³/mol. The molecule has 7 heteroatoms. The fourth-order valence-corrected chi connectivity index (χ4v) is 3.04. The summed E-state index contributed by atoms with van der Waals surface area (Å²) < 4.78 is 10.7. The molecule has 0 aromatic carbocycles. The second-order valence-corrected chi connectivity index (χ2v) is 6.39. The SMILES string of the molecule is C[C@@H](Sc1nnc(-c2ccco2)o1)C(=O)NC1CCCC1. The van der Waals surface area contributed by atoms with E-state index in [-0.39, 0.29) is 11.2 Å². The van der Waals surface area contributed by atoms with Crippen LogP contribution in [0.5, 0.6) is 0 Å². The van der Waals surface area contributed by atoms with Crippen molar-refractivity contribution in [1.82, 2.24) is 15.5 Å². The fraction of sp³-hybridized carbons (Fsp3) is 0.500. The highest BCUT2D eigenvalue weighted by Crippen LogP contribution is 2.27. The highest BCUT2D eigenvalue weighted by atomic mass is 32.2. The monoisotopic (exact) mass is 307 g/mol. The van der Waals surface area contributed by atoms with Crippen LogP contribution in [-0.2, 0) is 4.79 Å². The number of hydrogen-bond acceptors (Lipinski definition) is 6.